The summed E-state index contributed by atoms with van der Waals surface area (Å²) < 4.78 is 1.59. The van der Waals surface area contributed by atoms with Gasteiger partial charge in [-0.1, -0.05) is 0 Å². The maximum absolute atomic E-state index is 10.8. The van der Waals surface area contributed by atoms with Crippen LogP contribution in [0, 0.1) is 6.92 Å². The van der Waals surface area contributed by atoms with Crippen molar-refractivity contribution in [2.45, 2.75) is 6.92 Å². The maximum atomic E-state index is 10.8. The molecule has 0 aromatic carbocycles. The Bertz CT molecular complexity index is 533. The molecule has 0 aliphatic rings. The third-order valence-corrected chi connectivity index (χ3v) is 2.02. The zero-order valence-corrected chi connectivity index (χ0v) is 8.22. The highest BCUT2D eigenvalue weighted by molar-refractivity contribution is 5.86. The van der Waals surface area contributed by atoms with Gasteiger partial charge in [0.25, 0.3) is 0 Å². The molecule has 0 aliphatic heterocycles. The van der Waals surface area contributed by atoms with Crippen molar-refractivity contribution in [3.05, 3.63) is 17.7 Å². The number of aromatic nitrogens is 4. The molecule has 0 atom stereocenters. The third-order valence-electron chi connectivity index (χ3n) is 2.02. The minimum atomic E-state index is -1.08. The number of hydrogen-bond acceptors (Lipinski definition) is 5. The summed E-state index contributed by atoms with van der Waals surface area (Å²) in [6, 6.07) is 0. The first-order valence-corrected chi connectivity index (χ1v) is 4.27. The number of fused-ring (bicyclic) bond motifs is 1. The van der Waals surface area contributed by atoms with E-state index in [0.29, 0.717) is 17.3 Å². The summed E-state index contributed by atoms with van der Waals surface area (Å²) in [5, 5.41) is 19.4. The fraction of sp³-hybridized carbons (Fsp3) is 0.250. The van der Waals surface area contributed by atoms with Gasteiger partial charge in [0.2, 0.25) is 5.65 Å². The van der Waals surface area contributed by atoms with Crippen molar-refractivity contribution in [2.24, 2.45) is 0 Å². The highest BCUT2D eigenvalue weighted by Crippen LogP contribution is 2.13. The first kappa shape index (κ1) is 9.38. The Balaban J connectivity index is 2.79. The van der Waals surface area contributed by atoms with E-state index in [1.165, 1.54) is 6.20 Å². The molecule has 0 radical (unpaired) electrons. The van der Waals surface area contributed by atoms with Crippen molar-refractivity contribution >= 4 is 17.4 Å². The van der Waals surface area contributed by atoms with Gasteiger partial charge in [-0.05, 0) is 6.92 Å². The summed E-state index contributed by atoms with van der Waals surface area (Å²) in [6.45, 7) is 1.74. The van der Waals surface area contributed by atoms with Crippen LogP contribution < -0.4 is 5.32 Å². The van der Waals surface area contributed by atoms with Crippen molar-refractivity contribution in [2.75, 3.05) is 12.4 Å². The van der Waals surface area contributed by atoms with E-state index in [0.717, 1.165) is 0 Å². The maximum Gasteiger partial charge on any atom is 0.356 e. The van der Waals surface area contributed by atoms with Gasteiger partial charge < -0.3 is 10.4 Å². The number of aromatic carboxylic acids is 1. The Hall–Kier alpha value is -2.18. The monoisotopic (exact) mass is 207 g/mol. The van der Waals surface area contributed by atoms with Gasteiger partial charge in [0.1, 0.15) is 5.82 Å². The van der Waals surface area contributed by atoms with E-state index in [4.69, 9.17) is 5.11 Å². The standard InChI is InChI=1S/C8H9N5O2/c1-4-11-12-7-6(9-2)10-5(8(14)15)3-13(4)7/h3H,1-2H3,(H,9,10)(H,14,15). The van der Waals surface area contributed by atoms with E-state index in [-0.39, 0.29) is 5.69 Å². The van der Waals surface area contributed by atoms with Crippen molar-refractivity contribution in [1.29, 1.82) is 0 Å². The fourth-order valence-corrected chi connectivity index (χ4v) is 1.28. The van der Waals surface area contributed by atoms with E-state index in [9.17, 15) is 4.79 Å². The summed E-state index contributed by atoms with van der Waals surface area (Å²) in [4.78, 5) is 14.7. The Labute approximate surface area is 84.8 Å². The molecule has 15 heavy (non-hydrogen) atoms. The molecular weight excluding hydrogens is 198 g/mol. The molecule has 0 unspecified atom stereocenters. The summed E-state index contributed by atoms with van der Waals surface area (Å²) >= 11 is 0. The van der Waals surface area contributed by atoms with Gasteiger partial charge in [0.15, 0.2) is 11.5 Å². The smallest absolute Gasteiger partial charge is 0.356 e. The lowest BCUT2D eigenvalue weighted by Gasteiger charge is -2.03. The molecule has 0 saturated heterocycles. The topological polar surface area (TPSA) is 92.4 Å². The predicted molar refractivity (Wildman–Crippen MR) is 52.0 cm³/mol. The van der Waals surface area contributed by atoms with Gasteiger partial charge in [0, 0.05) is 13.2 Å². The Morgan fingerprint density at radius 3 is 2.87 bits per heavy atom. The van der Waals surface area contributed by atoms with E-state index in [2.05, 4.69) is 20.5 Å². The number of nitrogens with zero attached hydrogens (tertiary/aromatic N) is 4. The lowest BCUT2D eigenvalue weighted by Crippen LogP contribution is -2.07. The molecule has 0 aliphatic carbocycles. The number of hydrogen-bond donors (Lipinski definition) is 2. The van der Waals surface area contributed by atoms with Crippen molar-refractivity contribution < 1.29 is 9.90 Å². The predicted octanol–water partition coefficient (Wildman–Crippen LogP) is 0.173. The SMILES string of the molecule is CNc1nc(C(=O)O)cn2c(C)nnc12. The summed E-state index contributed by atoms with van der Waals surface area (Å²) in [6.07, 6.45) is 1.40. The molecule has 0 amide bonds. The number of carbonyl (C=O) groups is 1. The van der Waals surface area contributed by atoms with Gasteiger partial charge >= 0.3 is 5.97 Å². The average Bonchev–Trinajstić information content (AvgIpc) is 2.59. The summed E-state index contributed by atoms with van der Waals surface area (Å²) in [5.41, 5.74) is 0.467. The first-order valence-electron chi connectivity index (χ1n) is 4.27. The van der Waals surface area contributed by atoms with E-state index in [1.54, 1.807) is 18.4 Å². The molecule has 2 rings (SSSR count). The number of rotatable bonds is 2. The zero-order valence-electron chi connectivity index (χ0n) is 8.22. The van der Waals surface area contributed by atoms with Gasteiger partial charge in [-0.15, -0.1) is 10.2 Å². The number of carboxylic acid groups (broad SMARTS) is 1. The largest absolute Gasteiger partial charge is 0.476 e. The van der Waals surface area contributed by atoms with Crippen molar-refractivity contribution in [3.8, 4) is 0 Å². The second kappa shape index (κ2) is 3.19. The van der Waals surface area contributed by atoms with Crippen LogP contribution in [0.25, 0.3) is 5.65 Å². The molecular formula is C8H9N5O2. The molecule has 0 saturated carbocycles. The lowest BCUT2D eigenvalue weighted by atomic mass is 10.4. The second-order valence-corrected chi connectivity index (χ2v) is 2.97. The van der Waals surface area contributed by atoms with Crippen LogP contribution in [-0.4, -0.2) is 37.7 Å². The van der Waals surface area contributed by atoms with Crippen LogP contribution in [0.1, 0.15) is 16.3 Å². The molecule has 2 N–H and O–H groups in total. The van der Waals surface area contributed by atoms with Crippen molar-refractivity contribution in [1.82, 2.24) is 19.6 Å². The van der Waals surface area contributed by atoms with Crippen LogP contribution in [0.5, 0.6) is 0 Å². The normalized spacial score (nSPS) is 10.5. The van der Waals surface area contributed by atoms with Gasteiger partial charge in [-0.25, -0.2) is 9.78 Å². The molecule has 0 fully saturated rings. The van der Waals surface area contributed by atoms with Crippen LogP contribution in [0.15, 0.2) is 6.20 Å². The number of nitrogens with one attached hydrogen (secondary N) is 1. The Kier molecular flexibility index (Phi) is 2.00. The second-order valence-electron chi connectivity index (χ2n) is 2.97. The lowest BCUT2D eigenvalue weighted by molar-refractivity contribution is 0.0690. The minimum absolute atomic E-state index is 0.0465. The van der Waals surface area contributed by atoms with Gasteiger partial charge in [-0.2, -0.15) is 0 Å². The fourth-order valence-electron chi connectivity index (χ4n) is 1.28. The summed E-state index contributed by atoms with van der Waals surface area (Å²) in [7, 11) is 1.65. The quantitative estimate of drug-likeness (QED) is 0.729. The van der Waals surface area contributed by atoms with Crippen LogP contribution in [0.3, 0.4) is 0 Å². The highest BCUT2D eigenvalue weighted by atomic mass is 16.4. The molecule has 78 valence electrons. The zero-order chi connectivity index (χ0) is 11.0. The first-order chi connectivity index (χ1) is 7.13. The highest BCUT2D eigenvalue weighted by Gasteiger charge is 2.13. The van der Waals surface area contributed by atoms with Gasteiger partial charge in [0.05, 0.1) is 0 Å². The number of carboxylic acids is 1. The molecule has 7 heteroatoms. The third kappa shape index (κ3) is 1.37. The minimum Gasteiger partial charge on any atom is -0.476 e. The Morgan fingerprint density at radius 1 is 1.53 bits per heavy atom. The number of anilines is 1. The molecule has 7 nitrogen and oxygen atoms in total. The van der Waals surface area contributed by atoms with Crippen molar-refractivity contribution in [3.63, 3.8) is 0 Å². The molecule has 2 heterocycles. The van der Waals surface area contributed by atoms with E-state index in [1.807, 2.05) is 0 Å². The van der Waals surface area contributed by atoms with Crippen LogP contribution in [0.2, 0.25) is 0 Å². The van der Waals surface area contributed by atoms with E-state index >= 15 is 0 Å². The van der Waals surface area contributed by atoms with Crippen LogP contribution in [-0.2, 0) is 0 Å². The van der Waals surface area contributed by atoms with E-state index < -0.39 is 5.97 Å². The van der Waals surface area contributed by atoms with Gasteiger partial charge in [-0.3, -0.25) is 4.40 Å². The number of aryl methyl sites for hydroxylation is 1. The molecule has 2 aromatic heterocycles. The van der Waals surface area contributed by atoms with Crippen LogP contribution in [0.4, 0.5) is 5.82 Å². The van der Waals surface area contributed by atoms with Crippen LogP contribution >= 0.6 is 0 Å². The Morgan fingerprint density at radius 2 is 2.27 bits per heavy atom. The molecule has 2 aromatic rings. The molecule has 0 spiro atoms. The summed E-state index contributed by atoms with van der Waals surface area (Å²) in [5.74, 6) is -0.0663. The average molecular weight is 207 g/mol. The molecule has 0 bridgehead atoms.